The topological polar surface area (TPSA) is 75.1 Å². The molecule has 0 spiro atoms. The molecule has 2 aromatic heterocycles. The van der Waals surface area contributed by atoms with Gasteiger partial charge in [0, 0.05) is 18.0 Å². The van der Waals surface area contributed by atoms with Crippen LogP contribution in [0.3, 0.4) is 0 Å². The van der Waals surface area contributed by atoms with Crippen LogP contribution in [0.2, 0.25) is 0 Å². The third-order valence-electron chi connectivity index (χ3n) is 2.00. The fourth-order valence-corrected chi connectivity index (χ4v) is 1.35. The molecule has 0 aromatic carbocycles. The summed E-state index contributed by atoms with van der Waals surface area (Å²) in [6, 6.07) is 7.16. The van der Waals surface area contributed by atoms with Gasteiger partial charge in [-0.15, -0.1) is 0 Å². The van der Waals surface area contributed by atoms with Crippen LogP contribution in [0.15, 0.2) is 42.9 Å². The summed E-state index contributed by atoms with van der Waals surface area (Å²) < 4.78 is 0. The van der Waals surface area contributed by atoms with Gasteiger partial charge in [0.05, 0.1) is 17.6 Å². The van der Waals surface area contributed by atoms with E-state index in [4.69, 9.17) is 5.11 Å². The van der Waals surface area contributed by atoms with E-state index in [1.165, 1.54) is 6.20 Å². The Morgan fingerprint density at radius 1 is 1.25 bits per heavy atom. The first-order valence-electron chi connectivity index (χ1n) is 4.63. The molecule has 0 unspecified atom stereocenters. The highest BCUT2D eigenvalue weighted by molar-refractivity contribution is 5.89. The van der Waals surface area contributed by atoms with E-state index in [-0.39, 0.29) is 0 Å². The molecule has 2 N–H and O–H groups in total. The largest absolute Gasteiger partial charge is 0.465 e. The molecule has 0 aliphatic rings. The molecule has 0 atom stereocenters. The van der Waals surface area contributed by atoms with Crippen molar-refractivity contribution in [3.05, 3.63) is 42.9 Å². The molecule has 0 saturated heterocycles. The molecule has 2 heterocycles. The minimum atomic E-state index is -1.12. The van der Waals surface area contributed by atoms with Gasteiger partial charge < -0.3 is 5.11 Å². The van der Waals surface area contributed by atoms with E-state index in [0.29, 0.717) is 16.9 Å². The van der Waals surface area contributed by atoms with Gasteiger partial charge in [0.15, 0.2) is 0 Å². The Morgan fingerprint density at radius 2 is 2.12 bits per heavy atom. The first-order chi connectivity index (χ1) is 7.77. The van der Waals surface area contributed by atoms with Crippen LogP contribution in [0, 0.1) is 0 Å². The van der Waals surface area contributed by atoms with E-state index in [2.05, 4.69) is 15.3 Å². The van der Waals surface area contributed by atoms with Crippen molar-refractivity contribution < 1.29 is 9.90 Å². The van der Waals surface area contributed by atoms with Crippen molar-refractivity contribution in [2.24, 2.45) is 0 Å². The maximum atomic E-state index is 10.6. The highest BCUT2D eigenvalue weighted by Crippen LogP contribution is 2.24. The zero-order valence-corrected chi connectivity index (χ0v) is 8.29. The van der Waals surface area contributed by atoms with Crippen molar-refractivity contribution in [2.45, 2.75) is 0 Å². The minimum Gasteiger partial charge on any atom is -0.465 e. The molecule has 0 fully saturated rings. The molecule has 0 radical (unpaired) electrons. The standard InChI is InChI=1S/C11H9N3O2/c15-11(16)14-10-7-12-6-4-8(10)9-3-1-2-5-13-9/h1-7,14H,(H,15,16). The smallest absolute Gasteiger partial charge is 0.409 e. The average molecular weight is 215 g/mol. The van der Waals surface area contributed by atoms with E-state index in [0.717, 1.165) is 0 Å². The molecule has 2 rings (SSSR count). The van der Waals surface area contributed by atoms with Crippen LogP contribution in [-0.4, -0.2) is 21.2 Å². The Balaban J connectivity index is 2.44. The van der Waals surface area contributed by atoms with Gasteiger partial charge in [0.25, 0.3) is 0 Å². The molecule has 0 aliphatic heterocycles. The van der Waals surface area contributed by atoms with E-state index in [1.54, 1.807) is 24.5 Å². The quantitative estimate of drug-likeness (QED) is 0.805. The van der Waals surface area contributed by atoms with E-state index >= 15 is 0 Å². The Labute approximate surface area is 91.8 Å². The lowest BCUT2D eigenvalue weighted by Crippen LogP contribution is -2.08. The van der Waals surface area contributed by atoms with Crippen LogP contribution >= 0.6 is 0 Å². The average Bonchev–Trinajstić information content (AvgIpc) is 2.30. The summed E-state index contributed by atoms with van der Waals surface area (Å²) in [5.41, 5.74) is 1.83. The Hall–Kier alpha value is -2.43. The number of nitrogens with zero attached hydrogens (tertiary/aromatic N) is 2. The second kappa shape index (κ2) is 4.39. The van der Waals surface area contributed by atoms with Gasteiger partial charge in [0.1, 0.15) is 0 Å². The number of amides is 1. The Bertz CT molecular complexity index is 500. The summed E-state index contributed by atoms with van der Waals surface area (Å²) in [5, 5.41) is 11.0. The molecule has 16 heavy (non-hydrogen) atoms. The van der Waals surface area contributed by atoms with Crippen molar-refractivity contribution in [1.82, 2.24) is 9.97 Å². The molecule has 80 valence electrons. The molecule has 0 bridgehead atoms. The summed E-state index contributed by atoms with van der Waals surface area (Å²) >= 11 is 0. The predicted octanol–water partition coefficient (Wildman–Crippen LogP) is 2.23. The van der Waals surface area contributed by atoms with Crippen molar-refractivity contribution in [1.29, 1.82) is 0 Å². The molecule has 2 aromatic rings. The van der Waals surface area contributed by atoms with Crippen molar-refractivity contribution >= 4 is 11.8 Å². The lowest BCUT2D eigenvalue weighted by atomic mass is 10.1. The van der Waals surface area contributed by atoms with Crippen molar-refractivity contribution in [2.75, 3.05) is 5.32 Å². The third-order valence-corrected chi connectivity index (χ3v) is 2.00. The highest BCUT2D eigenvalue weighted by atomic mass is 16.4. The van der Waals surface area contributed by atoms with Gasteiger partial charge in [-0.05, 0) is 18.2 Å². The summed E-state index contributed by atoms with van der Waals surface area (Å²) in [6.07, 6.45) is 3.58. The summed E-state index contributed by atoms with van der Waals surface area (Å²) in [4.78, 5) is 18.6. The number of hydrogen-bond donors (Lipinski definition) is 2. The van der Waals surface area contributed by atoms with E-state index < -0.39 is 6.09 Å². The maximum absolute atomic E-state index is 10.6. The summed E-state index contributed by atoms with van der Waals surface area (Å²) in [5.74, 6) is 0. The summed E-state index contributed by atoms with van der Waals surface area (Å²) in [6.45, 7) is 0. The number of carbonyl (C=O) groups is 1. The van der Waals surface area contributed by atoms with Crippen LogP contribution < -0.4 is 5.32 Å². The number of aromatic nitrogens is 2. The van der Waals surface area contributed by atoms with Crippen LogP contribution in [0.5, 0.6) is 0 Å². The lowest BCUT2D eigenvalue weighted by molar-refractivity contribution is 0.210. The van der Waals surface area contributed by atoms with Gasteiger partial charge in [-0.25, -0.2) is 4.79 Å². The van der Waals surface area contributed by atoms with Gasteiger partial charge in [0.2, 0.25) is 0 Å². The predicted molar refractivity (Wildman–Crippen MR) is 59.1 cm³/mol. The highest BCUT2D eigenvalue weighted by Gasteiger charge is 2.07. The van der Waals surface area contributed by atoms with E-state index in [1.807, 2.05) is 12.1 Å². The molecular weight excluding hydrogens is 206 g/mol. The van der Waals surface area contributed by atoms with Crippen LogP contribution in [-0.2, 0) is 0 Å². The number of anilines is 1. The maximum Gasteiger partial charge on any atom is 0.409 e. The Morgan fingerprint density at radius 3 is 2.81 bits per heavy atom. The molecule has 1 amide bonds. The molecule has 5 heteroatoms. The zero-order valence-electron chi connectivity index (χ0n) is 8.29. The first kappa shape index (κ1) is 10.1. The lowest BCUT2D eigenvalue weighted by Gasteiger charge is -2.07. The fourth-order valence-electron chi connectivity index (χ4n) is 1.35. The van der Waals surface area contributed by atoms with Crippen molar-refractivity contribution in [3.8, 4) is 11.3 Å². The SMILES string of the molecule is O=C(O)Nc1cnccc1-c1ccccn1. The number of carboxylic acid groups (broad SMARTS) is 1. The van der Waals surface area contributed by atoms with Gasteiger partial charge >= 0.3 is 6.09 Å². The van der Waals surface area contributed by atoms with Gasteiger partial charge in [-0.2, -0.15) is 0 Å². The molecule has 5 nitrogen and oxygen atoms in total. The second-order valence-corrected chi connectivity index (χ2v) is 3.07. The molecular formula is C11H9N3O2. The van der Waals surface area contributed by atoms with Gasteiger partial charge in [-0.3, -0.25) is 15.3 Å². The molecule has 0 saturated carbocycles. The monoisotopic (exact) mass is 215 g/mol. The van der Waals surface area contributed by atoms with Crippen molar-refractivity contribution in [3.63, 3.8) is 0 Å². The number of nitrogens with one attached hydrogen (secondary N) is 1. The van der Waals surface area contributed by atoms with Crippen LogP contribution in [0.25, 0.3) is 11.3 Å². The number of hydrogen-bond acceptors (Lipinski definition) is 3. The number of rotatable bonds is 2. The number of pyridine rings is 2. The third kappa shape index (κ3) is 2.14. The van der Waals surface area contributed by atoms with E-state index in [9.17, 15) is 4.79 Å². The Kier molecular flexibility index (Phi) is 2.77. The van der Waals surface area contributed by atoms with Crippen LogP contribution in [0.4, 0.5) is 10.5 Å². The second-order valence-electron chi connectivity index (χ2n) is 3.07. The fraction of sp³-hybridized carbons (Fsp3) is 0. The minimum absolute atomic E-state index is 0.425. The molecule has 0 aliphatic carbocycles. The van der Waals surface area contributed by atoms with Crippen LogP contribution in [0.1, 0.15) is 0 Å². The summed E-state index contributed by atoms with van der Waals surface area (Å²) in [7, 11) is 0. The first-order valence-corrected chi connectivity index (χ1v) is 4.63. The zero-order chi connectivity index (χ0) is 11.4. The van der Waals surface area contributed by atoms with Gasteiger partial charge in [-0.1, -0.05) is 6.07 Å². The normalized spacial score (nSPS) is 9.75.